The number of aromatic nitrogens is 1. The highest BCUT2D eigenvalue weighted by Gasteiger charge is 2.16. The SMILES string of the molecule is Cc1cc(NCC(O)c2ccco2)c2cccc([N+](=O)[O-])c2n1. The molecule has 1 aromatic carbocycles. The Bertz CT molecular complexity index is 846. The molecule has 2 heterocycles. The molecule has 23 heavy (non-hydrogen) atoms. The van der Waals surface area contributed by atoms with Crippen LogP contribution in [0.3, 0.4) is 0 Å². The van der Waals surface area contributed by atoms with Crippen molar-refractivity contribution in [3.63, 3.8) is 0 Å². The summed E-state index contributed by atoms with van der Waals surface area (Å²) in [5.41, 5.74) is 1.62. The monoisotopic (exact) mass is 313 g/mol. The van der Waals surface area contributed by atoms with Crippen LogP contribution in [-0.4, -0.2) is 21.6 Å². The Balaban J connectivity index is 1.94. The van der Waals surface area contributed by atoms with Crippen LogP contribution in [-0.2, 0) is 0 Å². The normalized spacial score (nSPS) is 12.3. The van der Waals surface area contributed by atoms with Crippen LogP contribution in [0.4, 0.5) is 11.4 Å². The third-order valence-corrected chi connectivity index (χ3v) is 3.50. The topological polar surface area (TPSA) is 101 Å². The van der Waals surface area contributed by atoms with Gasteiger partial charge < -0.3 is 14.8 Å². The van der Waals surface area contributed by atoms with Gasteiger partial charge in [-0.15, -0.1) is 0 Å². The minimum absolute atomic E-state index is 0.0409. The number of aliphatic hydroxyl groups is 1. The van der Waals surface area contributed by atoms with Gasteiger partial charge in [0.25, 0.3) is 5.69 Å². The van der Waals surface area contributed by atoms with E-state index < -0.39 is 11.0 Å². The highest BCUT2D eigenvalue weighted by molar-refractivity contribution is 5.96. The number of para-hydroxylation sites is 1. The van der Waals surface area contributed by atoms with Crippen LogP contribution >= 0.6 is 0 Å². The molecule has 0 aliphatic heterocycles. The molecule has 0 radical (unpaired) electrons. The van der Waals surface area contributed by atoms with Gasteiger partial charge in [0.1, 0.15) is 11.9 Å². The third kappa shape index (κ3) is 3.00. The van der Waals surface area contributed by atoms with Crippen LogP contribution in [0.2, 0.25) is 0 Å². The van der Waals surface area contributed by atoms with Crippen LogP contribution in [0.5, 0.6) is 0 Å². The molecule has 7 nitrogen and oxygen atoms in total. The number of rotatable bonds is 5. The van der Waals surface area contributed by atoms with Gasteiger partial charge in [0, 0.05) is 29.4 Å². The second kappa shape index (κ2) is 6.05. The average molecular weight is 313 g/mol. The molecule has 118 valence electrons. The Kier molecular flexibility index (Phi) is 3.94. The standard InChI is InChI=1S/C16H15N3O4/c1-10-8-12(17-9-14(20)15-6-3-7-23-15)11-4-2-5-13(19(21)22)16(11)18-10/h2-8,14,20H,9H2,1H3,(H,17,18). The molecule has 0 spiro atoms. The number of anilines is 1. The quantitative estimate of drug-likeness (QED) is 0.554. The number of furan rings is 1. The largest absolute Gasteiger partial charge is 0.467 e. The van der Waals surface area contributed by atoms with E-state index in [1.54, 1.807) is 37.3 Å². The maximum Gasteiger partial charge on any atom is 0.295 e. The maximum absolute atomic E-state index is 11.2. The molecule has 0 saturated carbocycles. The van der Waals surface area contributed by atoms with Crippen LogP contribution < -0.4 is 5.32 Å². The summed E-state index contributed by atoms with van der Waals surface area (Å²) in [4.78, 5) is 15.0. The van der Waals surface area contributed by atoms with Gasteiger partial charge in [-0.3, -0.25) is 10.1 Å². The second-order valence-electron chi connectivity index (χ2n) is 5.15. The summed E-state index contributed by atoms with van der Waals surface area (Å²) in [6.45, 7) is 1.99. The zero-order valence-corrected chi connectivity index (χ0v) is 12.4. The Morgan fingerprint density at radius 2 is 2.22 bits per heavy atom. The number of nitro groups is 1. The van der Waals surface area contributed by atoms with E-state index >= 15 is 0 Å². The Morgan fingerprint density at radius 3 is 2.91 bits per heavy atom. The molecule has 1 unspecified atom stereocenters. The van der Waals surface area contributed by atoms with Crippen molar-refractivity contribution in [1.82, 2.24) is 4.98 Å². The average Bonchev–Trinajstić information content (AvgIpc) is 3.05. The second-order valence-corrected chi connectivity index (χ2v) is 5.15. The van der Waals surface area contributed by atoms with Gasteiger partial charge in [-0.1, -0.05) is 12.1 Å². The first-order valence-electron chi connectivity index (χ1n) is 7.06. The number of fused-ring (bicyclic) bond motifs is 1. The van der Waals surface area contributed by atoms with Gasteiger partial charge in [-0.25, -0.2) is 4.98 Å². The minimum atomic E-state index is -0.813. The Labute approximate surface area is 131 Å². The lowest BCUT2D eigenvalue weighted by Crippen LogP contribution is -2.12. The summed E-state index contributed by atoms with van der Waals surface area (Å²) < 4.78 is 5.15. The lowest BCUT2D eigenvalue weighted by Gasteiger charge is -2.13. The number of aliphatic hydroxyl groups excluding tert-OH is 1. The number of nitrogens with one attached hydrogen (secondary N) is 1. The number of hydrogen-bond donors (Lipinski definition) is 2. The molecule has 3 rings (SSSR count). The smallest absolute Gasteiger partial charge is 0.295 e. The Morgan fingerprint density at radius 1 is 1.39 bits per heavy atom. The van der Waals surface area contributed by atoms with Gasteiger partial charge in [0.2, 0.25) is 0 Å². The predicted octanol–water partition coefficient (Wildman–Crippen LogP) is 3.19. The van der Waals surface area contributed by atoms with Crippen molar-refractivity contribution in [2.75, 3.05) is 11.9 Å². The number of non-ortho nitro benzene ring substituents is 1. The van der Waals surface area contributed by atoms with Crippen molar-refractivity contribution < 1.29 is 14.4 Å². The van der Waals surface area contributed by atoms with E-state index in [1.807, 2.05) is 0 Å². The van der Waals surface area contributed by atoms with Gasteiger partial charge >= 0.3 is 0 Å². The van der Waals surface area contributed by atoms with Gasteiger partial charge in [-0.2, -0.15) is 0 Å². The molecule has 0 aliphatic rings. The number of nitrogens with zero attached hydrogens (tertiary/aromatic N) is 2. The first kappa shape index (κ1) is 15.0. The summed E-state index contributed by atoms with van der Waals surface area (Å²) in [5.74, 6) is 0.457. The van der Waals surface area contributed by atoms with E-state index in [9.17, 15) is 15.2 Å². The maximum atomic E-state index is 11.2. The van der Waals surface area contributed by atoms with Crippen molar-refractivity contribution in [3.8, 4) is 0 Å². The number of benzene rings is 1. The molecule has 2 N–H and O–H groups in total. The molecule has 7 heteroatoms. The summed E-state index contributed by atoms with van der Waals surface area (Å²) in [5, 5.41) is 25.0. The molecular formula is C16H15N3O4. The van der Waals surface area contributed by atoms with Crippen molar-refractivity contribution >= 4 is 22.3 Å². The summed E-state index contributed by atoms with van der Waals surface area (Å²) >= 11 is 0. The van der Waals surface area contributed by atoms with Crippen molar-refractivity contribution in [3.05, 3.63) is 64.2 Å². The van der Waals surface area contributed by atoms with Crippen LogP contribution in [0, 0.1) is 17.0 Å². The third-order valence-electron chi connectivity index (χ3n) is 3.50. The first-order chi connectivity index (χ1) is 11.1. The van der Waals surface area contributed by atoms with E-state index in [4.69, 9.17) is 4.42 Å². The molecule has 0 saturated heterocycles. The highest BCUT2D eigenvalue weighted by Crippen LogP contribution is 2.30. The fourth-order valence-corrected chi connectivity index (χ4v) is 2.44. The van der Waals surface area contributed by atoms with Crippen LogP contribution in [0.15, 0.2) is 47.1 Å². The molecule has 2 aromatic heterocycles. The lowest BCUT2D eigenvalue weighted by molar-refractivity contribution is -0.383. The molecular weight excluding hydrogens is 298 g/mol. The van der Waals surface area contributed by atoms with Gasteiger partial charge in [0.05, 0.1) is 11.2 Å². The van der Waals surface area contributed by atoms with Crippen molar-refractivity contribution in [2.24, 2.45) is 0 Å². The highest BCUT2D eigenvalue weighted by atomic mass is 16.6. The zero-order valence-electron chi connectivity index (χ0n) is 12.4. The Hall–Kier alpha value is -2.93. The van der Waals surface area contributed by atoms with Crippen LogP contribution in [0.25, 0.3) is 10.9 Å². The molecule has 3 aromatic rings. The van der Waals surface area contributed by atoms with Crippen molar-refractivity contribution in [2.45, 2.75) is 13.0 Å². The number of nitro benzene ring substituents is 1. The molecule has 0 aliphatic carbocycles. The fourth-order valence-electron chi connectivity index (χ4n) is 2.44. The number of aryl methyl sites for hydroxylation is 1. The predicted molar refractivity (Wildman–Crippen MR) is 85.3 cm³/mol. The van der Waals surface area contributed by atoms with Crippen LogP contribution in [0.1, 0.15) is 17.6 Å². The lowest BCUT2D eigenvalue weighted by atomic mass is 10.1. The number of hydrogen-bond acceptors (Lipinski definition) is 6. The summed E-state index contributed by atoms with van der Waals surface area (Å²) in [6, 6.07) is 9.99. The van der Waals surface area contributed by atoms with Gasteiger partial charge in [0.15, 0.2) is 5.52 Å². The first-order valence-corrected chi connectivity index (χ1v) is 7.06. The van der Waals surface area contributed by atoms with E-state index in [-0.39, 0.29) is 12.2 Å². The van der Waals surface area contributed by atoms with E-state index in [1.165, 1.54) is 12.3 Å². The molecule has 1 atom stereocenters. The fraction of sp³-hybridized carbons (Fsp3) is 0.188. The van der Waals surface area contributed by atoms with Gasteiger partial charge in [-0.05, 0) is 25.1 Å². The molecule has 0 fully saturated rings. The van der Waals surface area contributed by atoms with E-state index in [2.05, 4.69) is 10.3 Å². The molecule has 0 amide bonds. The summed E-state index contributed by atoms with van der Waals surface area (Å²) in [7, 11) is 0. The number of pyridine rings is 1. The molecule has 0 bridgehead atoms. The zero-order chi connectivity index (χ0) is 16.4. The van der Waals surface area contributed by atoms with Crippen molar-refractivity contribution in [1.29, 1.82) is 0 Å². The minimum Gasteiger partial charge on any atom is -0.467 e. The van der Waals surface area contributed by atoms with E-state index in [0.717, 1.165) is 0 Å². The summed E-state index contributed by atoms with van der Waals surface area (Å²) in [6.07, 6.45) is 0.681. The van der Waals surface area contributed by atoms with E-state index in [0.29, 0.717) is 28.0 Å².